The molecule has 1 aromatic carbocycles. The number of carbonyl (C=O) groups excluding carboxylic acids is 1. The minimum absolute atomic E-state index is 0.0666. The van der Waals surface area contributed by atoms with Gasteiger partial charge in [-0.3, -0.25) is 9.78 Å². The Morgan fingerprint density at radius 1 is 1.22 bits per heavy atom. The summed E-state index contributed by atoms with van der Waals surface area (Å²) in [6.45, 7) is 10.2. The van der Waals surface area contributed by atoms with Gasteiger partial charge >= 0.3 is 0 Å². The lowest BCUT2D eigenvalue weighted by molar-refractivity contribution is -0.123. The molecule has 27 heavy (non-hydrogen) atoms. The molecular weight excluding hydrogens is 364 g/mol. The summed E-state index contributed by atoms with van der Waals surface area (Å²) in [4.78, 5) is 16.6. The van der Waals surface area contributed by atoms with Gasteiger partial charge in [0.05, 0.1) is 19.3 Å². The maximum atomic E-state index is 12.2. The zero-order valence-electron chi connectivity index (χ0n) is 16.8. The van der Waals surface area contributed by atoms with Crippen LogP contribution < -0.4 is 14.8 Å². The second-order valence-electron chi connectivity index (χ2n) is 6.91. The van der Waals surface area contributed by atoms with Gasteiger partial charge < -0.3 is 14.8 Å². The van der Waals surface area contributed by atoms with Gasteiger partial charge in [-0.2, -0.15) is 0 Å². The van der Waals surface area contributed by atoms with Crippen molar-refractivity contribution in [3.8, 4) is 11.5 Å². The number of nitrogens with one attached hydrogen (secondary N) is 1. The van der Waals surface area contributed by atoms with Gasteiger partial charge in [-0.15, -0.1) is 0 Å². The largest absolute Gasteiger partial charge is 0.496 e. The SMILES string of the molecule is COc1c(C)cnc(CNC(=O)COc2cc(C)c(Cl)cc2C(C)C)c1C. The van der Waals surface area contributed by atoms with Crippen LogP contribution in [0.4, 0.5) is 0 Å². The first-order valence-electron chi connectivity index (χ1n) is 8.93. The summed E-state index contributed by atoms with van der Waals surface area (Å²) in [6.07, 6.45) is 1.75. The first-order chi connectivity index (χ1) is 12.7. The van der Waals surface area contributed by atoms with Crippen LogP contribution in [0.5, 0.6) is 11.5 Å². The van der Waals surface area contributed by atoms with Crippen LogP contribution in [0.2, 0.25) is 5.02 Å². The molecule has 146 valence electrons. The Labute approximate surface area is 166 Å². The van der Waals surface area contributed by atoms with Gasteiger partial charge in [0.2, 0.25) is 0 Å². The van der Waals surface area contributed by atoms with E-state index < -0.39 is 0 Å². The highest BCUT2D eigenvalue weighted by molar-refractivity contribution is 6.31. The monoisotopic (exact) mass is 390 g/mol. The van der Waals surface area contributed by atoms with Crippen molar-refractivity contribution in [2.45, 2.75) is 47.1 Å². The summed E-state index contributed by atoms with van der Waals surface area (Å²) >= 11 is 6.21. The number of amides is 1. The Morgan fingerprint density at radius 3 is 2.56 bits per heavy atom. The highest BCUT2D eigenvalue weighted by Gasteiger charge is 2.14. The van der Waals surface area contributed by atoms with Crippen LogP contribution in [-0.2, 0) is 11.3 Å². The van der Waals surface area contributed by atoms with E-state index in [0.29, 0.717) is 17.3 Å². The molecule has 1 heterocycles. The van der Waals surface area contributed by atoms with Gasteiger partial charge in [0.1, 0.15) is 11.5 Å². The van der Waals surface area contributed by atoms with Gasteiger partial charge in [0, 0.05) is 22.3 Å². The zero-order chi connectivity index (χ0) is 20.1. The number of nitrogens with zero attached hydrogens (tertiary/aromatic N) is 1. The van der Waals surface area contributed by atoms with Crippen LogP contribution in [0.3, 0.4) is 0 Å². The lowest BCUT2D eigenvalue weighted by Gasteiger charge is -2.16. The van der Waals surface area contributed by atoms with Gasteiger partial charge in [0.25, 0.3) is 5.91 Å². The van der Waals surface area contributed by atoms with Crippen LogP contribution in [0.25, 0.3) is 0 Å². The lowest BCUT2D eigenvalue weighted by Crippen LogP contribution is -2.29. The summed E-state index contributed by atoms with van der Waals surface area (Å²) in [6, 6.07) is 3.78. The van der Waals surface area contributed by atoms with E-state index in [1.807, 2.05) is 32.9 Å². The Balaban J connectivity index is 2.01. The third-order valence-corrected chi connectivity index (χ3v) is 4.88. The fourth-order valence-corrected chi connectivity index (χ4v) is 3.04. The first-order valence-corrected chi connectivity index (χ1v) is 9.31. The Bertz CT molecular complexity index is 835. The van der Waals surface area contributed by atoms with Gasteiger partial charge in [-0.25, -0.2) is 0 Å². The molecule has 0 aliphatic rings. The number of methoxy groups -OCH3 is 1. The standard InChI is InChI=1S/C21H27ClN2O3/c1-12(2)16-8-17(22)13(3)7-19(16)27-11-20(25)24-10-18-15(5)21(26-6)14(4)9-23-18/h7-9,12H,10-11H2,1-6H3,(H,24,25). The first kappa shape index (κ1) is 21.0. The predicted octanol–water partition coefficient (Wildman–Crippen LogP) is 4.49. The van der Waals surface area contributed by atoms with Crippen molar-refractivity contribution in [1.29, 1.82) is 0 Å². The summed E-state index contributed by atoms with van der Waals surface area (Å²) in [5.74, 6) is 1.52. The maximum absolute atomic E-state index is 12.2. The van der Waals surface area contributed by atoms with Crippen LogP contribution in [0.15, 0.2) is 18.3 Å². The molecule has 2 rings (SSSR count). The normalized spacial score (nSPS) is 10.8. The van der Waals surface area contributed by atoms with Crippen LogP contribution >= 0.6 is 11.6 Å². The van der Waals surface area contributed by atoms with E-state index in [0.717, 1.165) is 33.7 Å². The number of aryl methyl sites for hydroxylation is 2. The topological polar surface area (TPSA) is 60.5 Å². The van der Waals surface area contributed by atoms with E-state index in [-0.39, 0.29) is 18.4 Å². The molecule has 0 aliphatic heterocycles. The van der Waals surface area contributed by atoms with E-state index in [9.17, 15) is 4.79 Å². The van der Waals surface area contributed by atoms with Crippen LogP contribution in [0.1, 0.15) is 47.7 Å². The molecule has 0 aliphatic carbocycles. The summed E-state index contributed by atoms with van der Waals surface area (Å²) in [5, 5.41) is 3.55. The van der Waals surface area contributed by atoms with Crippen molar-refractivity contribution in [3.05, 3.63) is 51.3 Å². The number of aromatic nitrogens is 1. The van der Waals surface area contributed by atoms with Gasteiger partial charge in [-0.1, -0.05) is 25.4 Å². The van der Waals surface area contributed by atoms with E-state index in [1.165, 1.54) is 0 Å². The molecule has 0 spiro atoms. The fourth-order valence-electron chi connectivity index (χ4n) is 2.87. The number of pyridine rings is 1. The predicted molar refractivity (Wildman–Crippen MR) is 108 cm³/mol. The third-order valence-electron chi connectivity index (χ3n) is 4.47. The number of halogens is 1. The maximum Gasteiger partial charge on any atom is 0.258 e. The number of benzene rings is 1. The number of rotatable bonds is 7. The molecule has 0 bridgehead atoms. The van der Waals surface area contributed by atoms with Crippen LogP contribution in [0, 0.1) is 20.8 Å². The Morgan fingerprint density at radius 2 is 1.93 bits per heavy atom. The smallest absolute Gasteiger partial charge is 0.258 e. The molecule has 0 radical (unpaired) electrons. The average Bonchev–Trinajstić information content (AvgIpc) is 2.61. The molecule has 0 saturated carbocycles. The summed E-state index contributed by atoms with van der Waals surface area (Å²) in [5.41, 5.74) is 4.57. The number of ether oxygens (including phenoxy) is 2. The molecule has 0 atom stereocenters. The Hall–Kier alpha value is -2.27. The molecule has 1 N–H and O–H groups in total. The lowest BCUT2D eigenvalue weighted by atomic mass is 10.0. The van der Waals surface area contributed by atoms with Crippen molar-refractivity contribution < 1.29 is 14.3 Å². The number of hydrogen-bond donors (Lipinski definition) is 1. The highest BCUT2D eigenvalue weighted by Crippen LogP contribution is 2.32. The molecule has 1 aromatic heterocycles. The second-order valence-corrected chi connectivity index (χ2v) is 7.31. The van der Waals surface area contributed by atoms with Crippen LogP contribution in [-0.4, -0.2) is 24.6 Å². The van der Waals surface area contributed by atoms with Crippen molar-refractivity contribution in [2.75, 3.05) is 13.7 Å². The molecule has 2 aromatic rings. The van der Waals surface area contributed by atoms with Crippen molar-refractivity contribution >= 4 is 17.5 Å². The van der Waals surface area contributed by atoms with E-state index in [4.69, 9.17) is 21.1 Å². The van der Waals surface area contributed by atoms with E-state index in [1.54, 1.807) is 13.3 Å². The number of carbonyl (C=O) groups is 1. The van der Waals surface area contributed by atoms with Crippen molar-refractivity contribution in [2.24, 2.45) is 0 Å². The highest BCUT2D eigenvalue weighted by atomic mass is 35.5. The fraction of sp³-hybridized carbons (Fsp3) is 0.429. The number of hydrogen-bond acceptors (Lipinski definition) is 4. The molecule has 6 heteroatoms. The molecule has 0 saturated heterocycles. The minimum Gasteiger partial charge on any atom is -0.496 e. The zero-order valence-corrected chi connectivity index (χ0v) is 17.5. The molecule has 5 nitrogen and oxygen atoms in total. The van der Waals surface area contributed by atoms with Crippen molar-refractivity contribution in [1.82, 2.24) is 10.3 Å². The summed E-state index contributed by atoms with van der Waals surface area (Å²) in [7, 11) is 1.63. The molecule has 1 amide bonds. The van der Waals surface area contributed by atoms with Gasteiger partial charge in [-0.05, 0) is 49.9 Å². The summed E-state index contributed by atoms with van der Waals surface area (Å²) < 4.78 is 11.2. The molecular formula is C21H27ClN2O3. The quantitative estimate of drug-likeness (QED) is 0.756. The average molecular weight is 391 g/mol. The minimum atomic E-state index is -0.210. The molecule has 0 unspecified atom stereocenters. The third kappa shape index (κ3) is 5.13. The van der Waals surface area contributed by atoms with Crippen molar-refractivity contribution in [3.63, 3.8) is 0 Å². The van der Waals surface area contributed by atoms with Gasteiger partial charge in [0.15, 0.2) is 6.61 Å². The van der Waals surface area contributed by atoms with E-state index in [2.05, 4.69) is 24.1 Å². The Kier molecular flexibility index (Phi) is 7.08. The van der Waals surface area contributed by atoms with E-state index >= 15 is 0 Å². The second kappa shape index (κ2) is 9.09. The molecule has 0 fully saturated rings.